The van der Waals surface area contributed by atoms with Gasteiger partial charge in [-0.25, -0.2) is 0 Å². The van der Waals surface area contributed by atoms with Gasteiger partial charge in [0.25, 0.3) is 5.91 Å². The molecule has 0 aromatic heterocycles. The second kappa shape index (κ2) is 9.57. The molecule has 148 valence electrons. The maximum Gasteiger partial charge on any atom is 0.311 e. The highest BCUT2D eigenvalue weighted by molar-refractivity contribution is 6.30. The minimum Gasteiger partial charge on any atom is -0.452 e. The Hall–Kier alpha value is -2.57. The van der Waals surface area contributed by atoms with Gasteiger partial charge in [0.05, 0.1) is 19.6 Å². The number of morpholine rings is 1. The number of benzene rings is 2. The third-order valence-electron chi connectivity index (χ3n) is 4.45. The van der Waals surface area contributed by atoms with Gasteiger partial charge in [-0.2, -0.15) is 0 Å². The van der Waals surface area contributed by atoms with Gasteiger partial charge in [-0.15, -0.1) is 0 Å². The van der Waals surface area contributed by atoms with Gasteiger partial charge in [0, 0.05) is 29.5 Å². The lowest BCUT2D eigenvalue weighted by atomic mass is 10.1. The van der Waals surface area contributed by atoms with Crippen LogP contribution in [0.5, 0.6) is 0 Å². The van der Waals surface area contributed by atoms with Gasteiger partial charge in [-0.3, -0.25) is 9.59 Å². The van der Waals surface area contributed by atoms with Gasteiger partial charge in [0.1, 0.15) is 0 Å². The molecule has 1 N–H and O–H groups in total. The largest absolute Gasteiger partial charge is 0.452 e. The minimum absolute atomic E-state index is 0.0863. The first-order valence-corrected chi connectivity index (χ1v) is 9.56. The van der Waals surface area contributed by atoms with E-state index in [9.17, 15) is 9.59 Å². The van der Waals surface area contributed by atoms with Crippen LogP contribution in [0.1, 0.15) is 12.5 Å². The molecule has 6 nitrogen and oxygen atoms in total. The Morgan fingerprint density at radius 3 is 2.39 bits per heavy atom. The molecule has 28 heavy (non-hydrogen) atoms. The van der Waals surface area contributed by atoms with Gasteiger partial charge in [0.2, 0.25) is 0 Å². The number of nitrogens with zero attached hydrogens (tertiary/aromatic N) is 1. The van der Waals surface area contributed by atoms with Crippen LogP contribution in [0.15, 0.2) is 48.5 Å². The van der Waals surface area contributed by atoms with Crippen molar-refractivity contribution in [1.82, 2.24) is 0 Å². The van der Waals surface area contributed by atoms with Gasteiger partial charge in [-0.1, -0.05) is 23.7 Å². The number of halogens is 1. The third-order valence-corrected chi connectivity index (χ3v) is 4.70. The Bertz CT molecular complexity index is 802. The molecule has 1 amide bonds. The highest BCUT2D eigenvalue weighted by Crippen LogP contribution is 2.19. The quantitative estimate of drug-likeness (QED) is 0.751. The molecule has 7 heteroatoms. The zero-order valence-corrected chi connectivity index (χ0v) is 16.4. The van der Waals surface area contributed by atoms with Crippen molar-refractivity contribution in [2.75, 3.05) is 36.5 Å². The first-order valence-electron chi connectivity index (χ1n) is 9.19. The van der Waals surface area contributed by atoms with Crippen LogP contribution in [-0.4, -0.2) is 44.3 Å². The number of carbonyl (C=O) groups is 2. The predicted octanol–water partition coefficient (Wildman–Crippen LogP) is 3.29. The lowest BCUT2D eigenvalue weighted by molar-refractivity contribution is -0.152. The SMILES string of the molecule is C[C@H](OC(=O)Cc1ccc(Cl)cc1)C(=O)Nc1ccc(N2CCOCC2)cc1. The van der Waals surface area contributed by atoms with Crippen molar-refractivity contribution in [3.63, 3.8) is 0 Å². The molecule has 2 aromatic rings. The summed E-state index contributed by atoms with van der Waals surface area (Å²) >= 11 is 5.83. The second-order valence-corrected chi connectivity index (χ2v) is 7.01. The Kier molecular flexibility index (Phi) is 6.90. The number of ether oxygens (including phenoxy) is 2. The molecule has 3 rings (SSSR count). The number of carbonyl (C=O) groups excluding carboxylic acids is 2. The number of anilines is 2. The number of hydrogen-bond acceptors (Lipinski definition) is 5. The number of nitrogens with one attached hydrogen (secondary N) is 1. The van der Waals surface area contributed by atoms with E-state index in [0.29, 0.717) is 10.7 Å². The van der Waals surface area contributed by atoms with Crippen LogP contribution < -0.4 is 10.2 Å². The summed E-state index contributed by atoms with van der Waals surface area (Å²) in [7, 11) is 0. The molecule has 2 aromatic carbocycles. The molecule has 1 aliphatic heterocycles. The summed E-state index contributed by atoms with van der Waals surface area (Å²) in [5, 5.41) is 3.37. The van der Waals surface area contributed by atoms with E-state index in [4.69, 9.17) is 21.1 Å². The Morgan fingerprint density at radius 2 is 1.75 bits per heavy atom. The van der Waals surface area contributed by atoms with Crippen molar-refractivity contribution in [3.05, 3.63) is 59.1 Å². The monoisotopic (exact) mass is 402 g/mol. The highest BCUT2D eigenvalue weighted by atomic mass is 35.5. The van der Waals surface area contributed by atoms with Crippen molar-refractivity contribution < 1.29 is 19.1 Å². The van der Waals surface area contributed by atoms with Crippen LogP contribution in [0.25, 0.3) is 0 Å². The highest BCUT2D eigenvalue weighted by Gasteiger charge is 2.18. The first-order chi connectivity index (χ1) is 13.5. The number of esters is 1. The maximum absolute atomic E-state index is 12.3. The maximum atomic E-state index is 12.3. The van der Waals surface area contributed by atoms with E-state index in [0.717, 1.165) is 37.6 Å². The lowest BCUT2D eigenvalue weighted by Crippen LogP contribution is -2.36. The van der Waals surface area contributed by atoms with Crippen LogP contribution in [-0.2, 0) is 25.5 Å². The molecule has 0 spiro atoms. The van der Waals surface area contributed by atoms with E-state index in [2.05, 4.69) is 10.2 Å². The summed E-state index contributed by atoms with van der Waals surface area (Å²) in [6.45, 7) is 4.70. The average Bonchev–Trinajstić information content (AvgIpc) is 2.71. The molecule has 0 saturated carbocycles. The van der Waals surface area contributed by atoms with E-state index in [1.807, 2.05) is 24.3 Å². The fraction of sp³-hybridized carbons (Fsp3) is 0.333. The smallest absolute Gasteiger partial charge is 0.311 e. The van der Waals surface area contributed by atoms with Crippen molar-refractivity contribution in [2.24, 2.45) is 0 Å². The first kappa shape index (κ1) is 20.2. The van der Waals surface area contributed by atoms with Crippen LogP contribution in [0.4, 0.5) is 11.4 Å². The van der Waals surface area contributed by atoms with Gasteiger partial charge >= 0.3 is 5.97 Å². The summed E-state index contributed by atoms with van der Waals surface area (Å²) in [5.74, 6) is -0.837. The molecular formula is C21H23ClN2O4. The number of amides is 1. The number of rotatable bonds is 6. The molecule has 1 atom stereocenters. The summed E-state index contributed by atoms with van der Waals surface area (Å²) in [6.07, 6.45) is -0.804. The zero-order chi connectivity index (χ0) is 19.9. The molecule has 1 aliphatic rings. The number of hydrogen-bond donors (Lipinski definition) is 1. The topological polar surface area (TPSA) is 67.9 Å². The van der Waals surface area contributed by atoms with E-state index >= 15 is 0 Å². The molecule has 0 radical (unpaired) electrons. The summed E-state index contributed by atoms with van der Waals surface area (Å²) in [4.78, 5) is 26.6. The molecular weight excluding hydrogens is 380 g/mol. The lowest BCUT2D eigenvalue weighted by Gasteiger charge is -2.28. The summed E-state index contributed by atoms with van der Waals surface area (Å²) < 4.78 is 10.6. The van der Waals surface area contributed by atoms with Crippen molar-refractivity contribution in [1.29, 1.82) is 0 Å². The van der Waals surface area contributed by atoms with Crippen LogP contribution in [0, 0.1) is 0 Å². The van der Waals surface area contributed by atoms with Crippen LogP contribution >= 0.6 is 11.6 Å². The Labute approximate surface area is 169 Å². The molecule has 0 bridgehead atoms. The Balaban J connectivity index is 1.49. The molecule has 1 saturated heterocycles. The standard InChI is InChI=1S/C21H23ClN2O4/c1-15(28-20(25)14-16-2-4-17(22)5-3-16)21(26)23-18-6-8-19(9-7-18)24-10-12-27-13-11-24/h2-9,15H,10-14H2,1H3,(H,23,26)/t15-/m0/s1. The van der Waals surface area contributed by atoms with Crippen LogP contribution in [0.3, 0.4) is 0 Å². The summed E-state index contributed by atoms with van der Waals surface area (Å²) in [6, 6.07) is 14.5. The fourth-order valence-corrected chi connectivity index (χ4v) is 3.01. The van der Waals surface area contributed by atoms with Crippen molar-refractivity contribution >= 4 is 34.9 Å². The van der Waals surface area contributed by atoms with Crippen molar-refractivity contribution in [2.45, 2.75) is 19.4 Å². The van der Waals surface area contributed by atoms with E-state index < -0.39 is 12.1 Å². The Morgan fingerprint density at radius 1 is 1.11 bits per heavy atom. The van der Waals surface area contributed by atoms with E-state index in [1.54, 1.807) is 31.2 Å². The minimum atomic E-state index is -0.890. The second-order valence-electron chi connectivity index (χ2n) is 6.57. The van der Waals surface area contributed by atoms with E-state index in [-0.39, 0.29) is 12.3 Å². The fourth-order valence-electron chi connectivity index (χ4n) is 2.88. The normalized spacial score (nSPS) is 15.0. The van der Waals surface area contributed by atoms with Gasteiger partial charge < -0.3 is 19.7 Å². The predicted molar refractivity (Wildman–Crippen MR) is 109 cm³/mol. The molecule has 1 fully saturated rings. The van der Waals surface area contributed by atoms with Gasteiger partial charge in [0.15, 0.2) is 6.10 Å². The van der Waals surface area contributed by atoms with Crippen LogP contribution in [0.2, 0.25) is 5.02 Å². The molecule has 1 heterocycles. The zero-order valence-electron chi connectivity index (χ0n) is 15.7. The van der Waals surface area contributed by atoms with Gasteiger partial charge in [-0.05, 0) is 48.9 Å². The third kappa shape index (κ3) is 5.71. The average molecular weight is 403 g/mol. The van der Waals surface area contributed by atoms with E-state index in [1.165, 1.54) is 0 Å². The molecule has 0 unspecified atom stereocenters. The molecule has 0 aliphatic carbocycles. The van der Waals surface area contributed by atoms with Crippen molar-refractivity contribution in [3.8, 4) is 0 Å². The summed E-state index contributed by atoms with van der Waals surface area (Å²) in [5.41, 5.74) is 2.52.